The van der Waals surface area contributed by atoms with Crippen molar-refractivity contribution in [2.75, 3.05) is 13.1 Å². The number of nitrogens with two attached hydrogens (primary N) is 2. The summed E-state index contributed by atoms with van der Waals surface area (Å²) < 4.78 is 0. The van der Waals surface area contributed by atoms with Crippen LogP contribution in [0.3, 0.4) is 0 Å². The number of nitrogens with zero attached hydrogens (tertiary/aromatic N) is 1. The van der Waals surface area contributed by atoms with E-state index < -0.39 is 0 Å². The van der Waals surface area contributed by atoms with Gasteiger partial charge in [0.05, 0.1) is 0 Å². The first-order valence-electron chi connectivity index (χ1n) is 5.09. The molecule has 0 fully saturated rings. The first-order valence-corrected chi connectivity index (χ1v) is 5.09. The van der Waals surface area contributed by atoms with Crippen molar-refractivity contribution >= 4 is 11.9 Å². The van der Waals surface area contributed by atoms with E-state index in [0.717, 1.165) is 6.42 Å². The standard InChI is InChI=1S/C11H16N4O/c12-11(13)15-8-4-7-14-10(16)9-5-2-1-3-6-9/h1-3,5-6H,4,7-8H2,(H,14,16)(H4,12,13,15). The molecule has 16 heavy (non-hydrogen) atoms. The summed E-state index contributed by atoms with van der Waals surface area (Å²) in [5, 5.41) is 2.78. The van der Waals surface area contributed by atoms with E-state index in [1.807, 2.05) is 18.2 Å². The number of hydrogen-bond donors (Lipinski definition) is 3. The molecule has 0 unspecified atom stereocenters. The minimum absolute atomic E-state index is 0.0781. The SMILES string of the molecule is NC(N)=NCCCNC(=O)c1ccccc1. The molecule has 0 saturated carbocycles. The largest absolute Gasteiger partial charge is 0.370 e. The molecule has 0 aromatic heterocycles. The van der Waals surface area contributed by atoms with E-state index in [0.29, 0.717) is 18.7 Å². The summed E-state index contributed by atoms with van der Waals surface area (Å²) in [7, 11) is 0. The van der Waals surface area contributed by atoms with Crippen molar-refractivity contribution < 1.29 is 4.79 Å². The summed E-state index contributed by atoms with van der Waals surface area (Å²) in [6.45, 7) is 1.09. The number of nitrogens with one attached hydrogen (secondary N) is 1. The first kappa shape index (κ1) is 12.0. The van der Waals surface area contributed by atoms with Crippen LogP contribution >= 0.6 is 0 Å². The van der Waals surface area contributed by atoms with Crippen molar-refractivity contribution in [2.45, 2.75) is 6.42 Å². The second-order valence-electron chi connectivity index (χ2n) is 3.28. The summed E-state index contributed by atoms with van der Waals surface area (Å²) >= 11 is 0. The second kappa shape index (κ2) is 6.44. The molecular weight excluding hydrogens is 204 g/mol. The van der Waals surface area contributed by atoms with Crippen LogP contribution in [0.4, 0.5) is 0 Å². The van der Waals surface area contributed by atoms with Gasteiger partial charge < -0.3 is 16.8 Å². The van der Waals surface area contributed by atoms with E-state index in [9.17, 15) is 4.79 Å². The predicted molar refractivity (Wildman–Crippen MR) is 64.1 cm³/mol. The topological polar surface area (TPSA) is 93.5 Å². The van der Waals surface area contributed by atoms with Gasteiger partial charge in [-0.05, 0) is 18.6 Å². The van der Waals surface area contributed by atoms with Crippen LogP contribution in [0, 0.1) is 0 Å². The van der Waals surface area contributed by atoms with Crippen molar-refractivity contribution in [3.05, 3.63) is 35.9 Å². The Bertz CT molecular complexity index is 358. The van der Waals surface area contributed by atoms with Gasteiger partial charge in [-0.25, -0.2) is 0 Å². The maximum absolute atomic E-state index is 11.5. The zero-order valence-electron chi connectivity index (χ0n) is 9.02. The number of carbonyl (C=O) groups is 1. The molecule has 0 heterocycles. The lowest BCUT2D eigenvalue weighted by Gasteiger charge is -2.03. The maximum Gasteiger partial charge on any atom is 0.251 e. The fourth-order valence-electron chi connectivity index (χ4n) is 1.18. The predicted octanol–water partition coefficient (Wildman–Crippen LogP) is 0.0799. The number of amides is 1. The molecular formula is C11H16N4O. The Hall–Kier alpha value is -2.04. The Balaban J connectivity index is 2.24. The van der Waals surface area contributed by atoms with Crippen molar-refractivity contribution in [2.24, 2.45) is 16.5 Å². The summed E-state index contributed by atoms with van der Waals surface area (Å²) in [5.74, 6) is -0.000291. The lowest BCUT2D eigenvalue weighted by atomic mass is 10.2. The van der Waals surface area contributed by atoms with Crippen molar-refractivity contribution in [1.82, 2.24) is 5.32 Å². The van der Waals surface area contributed by atoms with E-state index in [2.05, 4.69) is 10.3 Å². The maximum atomic E-state index is 11.5. The number of aliphatic imine (C=N–C) groups is 1. The third-order valence-electron chi connectivity index (χ3n) is 1.95. The molecule has 0 bridgehead atoms. The zero-order valence-corrected chi connectivity index (χ0v) is 9.02. The zero-order chi connectivity index (χ0) is 11.8. The minimum atomic E-state index is -0.0784. The van der Waals surface area contributed by atoms with E-state index in [1.54, 1.807) is 12.1 Å². The Kier molecular flexibility index (Phi) is 4.85. The van der Waals surface area contributed by atoms with E-state index in [1.165, 1.54) is 0 Å². The quantitative estimate of drug-likeness (QED) is 0.372. The molecule has 5 heteroatoms. The summed E-state index contributed by atoms with van der Waals surface area (Å²) in [6.07, 6.45) is 0.719. The van der Waals surface area contributed by atoms with Gasteiger partial charge in [-0.3, -0.25) is 9.79 Å². The molecule has 1 aromatic carbocycles. The van der Waals surface area contributed by atoms with Crippen LogP contribution in [0.2, 0.25) is 0 Å². The molecule has 86 valence electrons. The van der Waals surface area contributed by atoms with Gasteiger partial charge in [0.1, 0.15) is 0 Å². The Morgan fingerprint density at radius 3 is 2.56 bits per heavy atom. The average Bonchev–Trinajstić information content (AvgIpc) is 2.29. The van der Waals surface area contributed by atoms with Gasteiger partial charge in [0.25, 0.3) is 5.91 Å². The number of rotatable bonds is 5. The molecule has 0 aliphatic heterocycles. The third-order valence-corrected chi connectivity index (χ3v) is 1.95. The van der Waals surface area contributed by atoms with Gasteiger partial charge in [-0.2, -0.15) is 0 Å². The van der Waals surface area contributed by atoms with E-state index in [-0.39, 0.29) is 11.9 Å². The van der Waals surface area contributed by atoms with Gasteiger partial charge >= 0.3 is 0 Å². The summed E-state index contributed by atoms with van der Waals surface area (Å²) in [5.41, 5.74) is 11.0. The molecule has 1 amide bonds. The molecule has 0 aliphatic carbocycles. The summed E-state index contributed by atoms with van der Waals surface area (Å²) in [4.78, 5) is 15.4. The fourth-order valence-corrected chi connectivity index (χ4v) is 1.18. The first-order chi connectivity index (χ1) is 7.70. The number of guanidine groups is 1. The highest BCUT2D eigenvalue weighted by Crippen LogP contribution is 1.97. The Morgan fingerprint density at radius 1 is 1.25 bits per heavy atom. The van der Waals surface area contributed by atoms with Crippen molar-refractivity contribution in [3.8, 4) is 0 Å². The molecule has 5 N–H and O–H groups in total. The Labute approximate surface area is 94.5 Å². The van der Waals surface area contributed by atoms with Crippen LogP contribution < -0.4 is 16.8 Å². The van der Waals surface area contributed by atoms with E-state index >= 15 is 0 Å². The molecule has 0 radical (unpaired) electrons. The van der Waals surface area contributed by atoms with Crippen LogP contribution in [0.25, 0.3) is 0 Å². The lowest BCUT2D eigenvalue weighted by molar-refractivity contribution is 0.0953. The fraction of sp³-hybridized carbons (Fsp3) is 0.273. The number of carbonyl (C=O) groups excluding carboxylic acids is 1. The molecule has 0 saturated heterocycles. The van der Waals surface area contributed by atoms with Crippen LogP contribution in [0.1, 0.15) is 16.8 Å². The lowest BCUT2D eigenvalue weighted by Crippen LogP contribution is -2.26. The van der Waals surface area contributed by atoms with Gasteiger partial charge in [0.15, 0.2) is 5.96 Å². The highest BCUT2D eigenvalue weighted by Gasteiger charge is 2.01. The Morgan fingerprint density at radius 2 is 1.94 bits per heavy atom. The average molecular weight is 220 g/mol. The molecule has 0 spiro atoms. The van der Waals surface area contributed by atoms with Crippen molar-refractivity contribution in [1.29, 1.82) is 0 Å². The molecule has 1 rings (SSSR count). The second-order valence-corrected chi connectivity index (χ2v) is 3.28. The van der Waals surface area contributed by atoms with Gasteiger partial charge in [-0.1, -0.05) is 18.2 Å². The summed E-state index contributed by atoms with van der Waals surface area (Å²) in [6, 6.07) is 9.06. The minimum Gasteiger partial charge on any atom is -0.370 e. The van der Waals surface area contributed by atoms with E-state index in [4.69, 9.17) is 11.5 Å². The van der Waals surface area contributed by atoms with Crippen LogP contribution in [0.5, 0.6) is 0 Å². The third kappa shape index (κ3) is 4.45. The molecule has 0 atom stereocenters. The highest BCUT2D eigenvalue weighted by atomic mass is 16.1. The van der Waals surface area contributed by atoms with Gasteiger partial charge in [0.2, 0.25) is 0 Å². The number of hydrogen-bond acceptors (Lipinski definition) is 2. The van der Waals surface area contributed by atoms with Gasteiger partial charge in [-0.15, -0.1) is 0 Å². The smallest absolute Gasteiger partial charge is 0.251 e. The number of benzene rings is 1. The molecule has 1 aromatic rings. The van der Waals surface area contributed by atoms with Crippen molar-refractivity contribution in [3.63, 3.8) is 0 Å². The van der Waals surface area contributed by atoms with Crippen LogP contribution in [-0.4, -0.2) is 25.0 Å². The van der Waals surface area contributed by atoms with Crippen LogP contribution in [0.15, 0.2) is 35.3 Å². The molecule has 0 aliphatic rings. The normalized spacial score (nSPS) is 9.50. The highest BCUT2D eigenvalue weighted by molar-refractivity contribution is 5.94. The van der Waals surface area contributed by atoms with Crippen LogP contribution in [-0.2, 0) is 0 Å². The molecule has 5 nitrogen and oxygen atoms in total. The van der Waals surface area contributed by atoms with Gasteiger partial charge in [0, 0.05) is 18.7 Å². The monoisotopic (exact) mass is 220 g/mol.